The molecule has 0 aliphatic heterocycles. The zero-order chi connectivity index (χ0) is 16.7. The highest BCUT2D eigenvalue weighted by Crippen LogP contribution is 2.19. The maximum absolute atomic E-state index is 11.6. The Hall–Kier alpha value is -1.23. The molecule has 0 aliphatic carbocycles. The molecular weight excluding hydrogens is 304 g/mol. The van der Waals surface area contributed by atoms with Crippen molar-refractivity contribution >= 4 is 21.9 Å². The van der Waals surface area contributed by atoms with E-state index in [2.05, 4.69) is 10.6 Å². The molecular formula is C11H21N2O7S-. The van der Waals surface area contributed by atoms with Gasteiger partial charge in [-0.25, -0.2) is 8.42 Å². The molecule has 9 nitrogen and oxygen atoms in total. The van der Waals surface area contributed by atoms with Crippen LogP contribution in [0, 0.1) is 5.41 Å². The molecule has 21 heavy (non-hydrogen) atoms. The number of hydrogen-bond donors (Lipinski definition) is 4. The predicted molar refractivity (Wildman–Crippen MR) is 72.1 cm³/mol. The standard InChI is InChI=1S/C11H22N2O7S/c1-11(2,7-14)9(16)10(17)13-4-3-8(15)12-5-6-21(18,19)20/h9,14,16H,3-7H2,1-2H3,(H,12,15)(H,13,17)(H,18,19,20)/p-1/t9-/m0/s1. The number of nitrogens with one attached hydrogen (secondary N) is 2. The molecule has 0 heterocycles. The van der Waals surface area contributed by atoms with Gasteiger partial charge in [0.2, 0.25) is 11.8 Å². The van der Waals surface area contributed by atoms with Crippen molar-refractivity contribution in [1.29, 1.82) is 0 Å². The molecule has 0 radical (unpaired) electrons. The molecule has 0 fully saturated rings. The molecule has 10 heteroatoms. The van der Waals surface area contributed by atoms with E-state index in [1.165, 1.54) is 13.8 Å². The zero-order valence-corrected chi connectivity index (χ0v) is 12.8. The first-order chi connectivity index (χ1) is 9.49. The summed E-state index contributed by atoms with van der Waals surface area (Å²) in [6.45, 7) is 2.28. The molecule has 0 aliphatic rings. The fraction of sp³-hybridized carbons (Fsp3) is 0.818. The first-order valence-electron chi connectivity index (χ1n) is 6.26. The van der Waals surface area contributed by atoms with Gasteiger partial charge in [0.05, 0.1) is 22.5 Å². The Bertz CT molecular complexity index is 461. The van der Waals surface area contributed by atoms with E-state index in [4.69, 9.17) is 5.11 Å². The lowest BCUT2D eigenvalue weighted by atomic mass is 9.87. The van der Waals surface area contributed by atoms with Gasteiger partial charge in [0.1, 0.15) is 6.10 Å². The van der Waals surface area contributed by atoms with Crippen molar-refractivity contribution in [3.05, 3.63) is 0 Å². The third kappa shape index (κ3) is 8.60. The number of aliphatic hydroxyl groups excluding tert-OH is 2. The molecule has 0 aromatic carbocycles. The molecule has 0 unspecified atom stereocenters. The second-order valence-electron chi connectivity index (χ2n) is 5.20. The Morgan fingerprint density at radius 3 is 2.29 bits per heavy atom. The molecule has 0 spiro atoms. The van der Waals surface area contributed by atoms with Crippen LogP contribution in [0.15, 0.2) is 0 Å². The quantitative estimate of drug-likeness (QED) is 0.342. The van der Waals surface area contributed by atoms with Crippen LogP contribution >= 0.6 is 0 Å². The van der Waals surface area contributed by atoms with Gasteiger partial charge in [0.25, 0.3) is 0 Å². The minimum Gasteiger partial charge on any atom is -0.748 e. The maximum atomic E-state index is 11.6. The third-order valence-electron chi connectivity index (χ3n) is 2.72. The largest absolute Gasteiger partial charge is 0.748 e. The predicted octanol–water partition coefficient (Wildman–Crippen LogP) is -2.47. The van der Waals surface area contributed by atoms with Crippen LogP contribution in [0.25, 0.3) is 0 Å². The average molecular weight is 325 g/mol. The van der Waals surface area contributed by atoms with Crippen molar-refractivity contribution < 1.29 is 32.8 Å². The van der Waals surface area contributed by atoms with Gasteiger partial charge in [-0.3, -0.25) is 9.59 Å². The molecule has 0 bridgehead atoms. The molecule has 124 valence electrons. The molecule has 4 N–H and O–H groups in total. The highest BCUT2D eigenvalue weighted by Gasteiger charge is 2.32. The zero-order valence-electron chi connectivity index (χ0n) is 12.0. The van der Waals surface area contributed by atoms with E-state index in [0.29, 0.717) is 0 Å². The smallest absolute Gasteiger partial charge is 0.249 e. The number of aliphatic hydroxyl groups is 2. The van der Waals surface area contributed by atoms with E-state index in [-0.39, 0.29) is 26.1 Å². The van der Waals surface area contributed by atoms with Crippen LogP contribution in [0.3, 0.4) is 0 Å². The maximum Gasteiger partial charge on any atom is 0.249 e. The van der Waals surface area contributed by atoms with E-state index in [1.807, 2.05) is 0 Å². The topological polar surface area (TPSA) is 156 Å². The van der Waals surface area contributed by atoms with Crippen molar-refractivity contribution in [3.63, 3.8) is 0 Å². The van der Waals surface area contributed by atoms with Crippen LogP contribution < -0.4 is 10.6 Å². The monoisotopic (exact) mass is 325 g/mol. The van der Waals surface area contributed by atoms with Gasteiger partial charge in [-0.05, 0) is 0 Å². The molecule has 2 amide bonds. The summed E-state index contributed by atoms with van der Waals surface area (Å²) in [4.78, 5) is 22.8. The van der Waals surface area contributed by atoms with Gasteiger partial charge in [-0.2, -0.15) is 0 Å². The van der Waals surface area contributed by atoms with Crippen molar-refractivity contribution in [2.45, 2.75) is 26.4 Å². The van der Waals surface area contributed by atoms with Gasteiger partial charge < -0.3 is 25.4 Å². The fourth-order valence-corrected chi connectivity index (χ4v) is 1.59. The molecule has 0 rings (SSSR count). The minimum absolute atomic E-state index is 0.0621. The van der Waals surface area contributed by atoms with E-state index in [9.17, 15) is 27.7 Å². The number of carbonyl (C=O) groups excluding carboxylic acids is 2. The molecule has 0 aromatic heterocycles. The Kier molecular flexibility index (Phi) is 7.79. The van der Waals surface area contributed by atoms with Gasteiger partial charge in [0.15, 0.2) is 0 Å². The molecule has 0 aromatic rings. The van der Waals surface area contributed by atoms with Crippen LogP contribution in [-0.2, 0) is 19.7 Å². The van der Waals surface area contributed by atoms with E-state index < -0.39 is 39.2 Å². The summed E-state index contributed by atoms with van der Waals surface area (Å²) < 4.78 is 30.9. The van der Waals surface area contributed by atoms with Gasteiger partial charge in [0, 0.05) is 24.9 Å². The lowest BCUT2D eigenvalue weighted by Crippen LogP contribution is -2.46. The minimum atomic E-state index is -4.38. The van der Waals surface area contributed by atoms with Crippen LogP contribution in [0.5, 0.6) is 0 Å². The fourth-order valence-electron chi connectivity index (χ4n) is 1.24. The summed E-state index contributed by atoms with van der Waals surface area (Å²) in [7, 11) is -4.38. The van der Waals surface area contributed by atoms with Crippen LogP contribution in [-0.4, -0.2) is 66.6 Å². The molecule has 0 saturated heterocycles. The average Bonchev–Trinajstić information content (AvgIpc) is 2.36. The second-order valence-corrected chi connectivity index (χ2v) is 6.73. The van der Waals surface area contributed by atoms with E-state index in [0.717, 1.165) is 0 Å². The Morgan fingerprint density at radius 2 is 1.81 bits per heavy atom. The number of carbonyl (C=O) groups is 2. The van der Waals surface area contributed by atoms with Crippen LogP contribution in [0.2, 0.25) is 0 Å². The number of rotatable bonds is 9. The number of hydrogen-bond acceptors (Lipinski definition) is 7. The van der Waals surface area contributed by atoms with Crippen molar-refractivity contribution in [3.8, 4) is 0 Å². The third-order valence-corrected chi connectivity index (χ3v) is 3.43. The number of amides is 2. The normalized spacial score (nSPS) is 13.6. The summed E-state index contributed by atoms with van der Waals surface area (Å²) >= 11 is 0. The summed E-state index contributed by atoms with van der Waals surface area (Å²) in [5.74, 6) is -1.95. The Morgan fingerprint density at radius 1 is 1.24 bits per heavy atom. The summed E-state index contributed by atoms with van der Waals surface area (Å²) in [5, 5.41) is 23.2. The first-order valence-corrected chi connectivity index (χ1v) is 7.84. The summed E-state index contributed by atoms with van der Waals surface area (Å²) in [6.07, 6.45) is -1.55. The van der Waals surface area contributed by atoms with Crippen molar-refractivity contribution in [1.82, 2.24) is 10.6 Å². The second kappa shape index (κ2) is 8.27. The van der Waals surface area contributed by atoms with E-state index in [1.54, 1.807) is 0 Å². The highest BCUT2D eigenvalue weighted by atomic mass is 32.2. The Labute approximate surface area is 123 Å². The van der Waals surface area contributed by atoms with Crippen molar-refractivity contribution in [2.75, 3.05) is 25.4 Å². The first kappa shape index (κ1) is 19.8. The van der Waals surface area contributed by atoms with Crippen LogP contribution in [0.1, 0.15) is 20.3 Å². The highest BCUT2D eigenvalue weighted by molar-refractivity contribution is 7.85. The Balaban J connectivity index is 3.99. The van der Waals surface area contributed by atoms with Crippen molar-refractivity contribution in [2.24, 2.45) is 5.41 Å². The summed E-state index contributed by atoms with van der Waals surface area (Å²) in [6, 6.07) is 0. The molecule has 0 saturated carbocycles. The lowest BCUT2D eigenvalue weighted by molar-refractivity contribution is -0.137. The molecule has 1 atom stereocenters. The van der Waals surface area contributed by atoms with Gasteiger partial charge in [-0.15, -0.1) is 0 Å². The van der Waals surface area contributed by atoms with Gasteiger partial charge >= 0.3 is 0 Å². The van der Waals surface area contributed by atoms with E-state index >= 15 is 0 Å². The SMILES string of the molecule is CC(C)(CO)[C@@H](O)C(=O)NCCC(=O)NCCS(=O)(=O)[O-]. The van der Waals surface area contributed by atoms with Gasteiger partial charge in [-0.1, -0.05) is 13.8 Å². The van der Waals surface area contributed by atoms with Crippen LogP contribution in [0.4, 0.5) is 0 Å². The lowest BCUT2D eigenvalue weighted by Gasteiger charge is -2.27. The summed E-state index contributed by atoms with van der Waals surface area (Å²) in [5.41, 5.74) is -1.01.